The van der Waals surface area contributed by atoms with E-state index >= 15 is 0 Å². The molecule has 15 unspecified atom stereocenters. The fraction of sp³-hybridized carbons (Fsp3) is 0.718. The van der Waals surface area contributed by atoms with Crippen LogP contribution in [0.15, 0.2) is 0 Å². The Labute approximate surface area is 809 Å². The number of rotatable bonds is 71. The van der Waals surface area contributed by atoms with Gasteiger partial charge >= 0.3 is 5.97 Å². The minimum absolute atomic E-state index is 0.000565. The highest BCUT2D eigenvalue weighted by Crippen LogP contribution is 2.17. The Morgan fingerprint density at radius 3 is 0.727 bits per heavy atom. The summed E-state index contributed by atoms with van der Waals surface area (Å²) in [5.41, 5.74) is 38.5. The number of hydrogen-bond donors (Lipinski definition) is 34. The zero-order chi connectivity index (χ0) is 106. The molecule has 0 spiro atoms. The van der Waals surface area contributed by atoms with Gasteiger partial charge in [-0.25, -0.2) is 0 Å². The highest BCUT2D eigenvalue weighted by molar-refractivity contribution is 6.01. The van der Waals surface area contributed by atoms with Crippen molar-refractivity contribution >= 4 is 142 Å². The van der Waals surface area contributed by atoms with Crippen molar-refractivity contribution in [1.82, 2.24) is 112 Å². The lowest BCUT2D eigenvalue weighted by molar-refractivity contribution is -0.138. The van der Waals surface area contributed by atoms with Gasteiger partial charge in [0.05, 0.1) is 19.7 Å². The number of nitrogens with one attached hydrogen (secondary N) is 25. The lowest BCUT2D eigenvalue weighted by Crippen LogP contribution is -2.60. The lowest BCUT2D eigenvalue weighted by Gasteiger charge is -2.29. The summed E-state index contributed by atoms with van der Waals surface area (Å²) in [5, 5.41) is 103. The molecule has 0 saturated carbocycles. The average molecular weight is 1980 g/mol. The number of guanidine groups is 4. The zero-order valence-electron chi connectivity index (χ0n) is 82.1. The Kier molecular flexibility index (Phi) is 60.3. The van der Waals surface area contributed by atoms with Gasteiger partial charge in [-0.3, -0.25) is 118 Å². The van der Waals surface area contributed by atoms with Crippen molar-refractivity contribution in [2.45, 2.75) is 303 Å². The van der Waals surface area contributed by atoms with Gasteiger partial charge in [-0.05, 0) is 152 Å². The summed E-state index contributed by atoms with van der Waals surface area (Å²) in [5.74, 6) is -23.3. The fourth-order valence-corrected chi connectivity index (χ4v) is 13.7. The number of aliphatic hydroxyl groups excluding tert-OH is 1. The first kappa shape index (κ1) is 125. The molecule has 54 heteroatoms. The van der Waals surface area contributed by atoms with Gasteiger partial charge in [-0.2, -0.15) is 0 Å². The van der Waals surface area contributed by atoms with Crippen molar-refractivity contribution in [1.29, 1.82) is 21.6 Å². The maximum Gasteiger partial charge on any atom is 0.303 e. The second kappa shape index (κ2) is 66.8. The molecule has 0 heterocycles. The van der Waals surface area contributed by atoms with E-state index < -0.39 is 297 Å². The summed E-state index contributed by atoms with van der Waals surface area (Å²) in [6.07, 6.45) is -4.22. The number of nitrogens with two attached hydrogens (primary N) is 7. The zero-order valence-corrected chi connectivity index (χ0v) is 82.1. The summed E-state index contributed by atoms with van der Waals surface area (Å²) in [6.45, 7) is 19.3. The fourth-order valence-electron chi connectivity index (χ4n) is 13.7. The van der Waals surface area contributed by atoms with E-state index in [9.17, 15) is 106 Å². The molecule has 0 rings (SSSR count). The van der Waals surface area contributed by atoms with E-state index in [0.717, 1.165) is 0 Å². The van der Waals surface area contributed by atoms with Crippen LogP contribution < -0.4 is 152 Å². The molecule has 139 heavy (non-hydrogen) atoms. The van der Waals surface area contributed by atoms with Gasteiger partial charge in [0.25, 0.3) is 0 Å². The average Bonchev–Trinajstić information content (AvgIpc) is 0.846. The maximum atomic E-state index is 14.8. The van der Waals surface area contributed by atoms with E-state index in [1.165, 1.54) is 14.0 Å². The molecule has 0 aromatic carbocycles. The topological polar surface area (TPSA) is 912 Å². The highest BCUT2D eigenvalue weighted by atomic mass is 16.4. The molecule has 41 N–H and O–H groups in total. The number of carbonyl (C=O) groups is 20. The summed E-state index contributed by atoms with van der Waals surface area (Å²) in [6, 6.07) is -22.0. The smallest absolute Gasteiger partial charge is 0.303 e. The quantitative estimate of drug-likeness (QED) is 0.0153. The number of aliphatic hydroxyl groups is 1. The minimum Gasteiger partial charge on any atom is -0.481 e. The van der Waals surface area contributed by atoms with Gasteiger partial charge in [0.15, 0.2) is 23.8 Å². The highest BCUT2D eigenvalue weighted by Gasteiger charge is 2.39. The standard InChI is InChI=1S/C85H156N32O22/c1-41(2)33-55(80(138)117-66(46(11)12)67(88)125)105-64(122)39-103-69(127)52(23-26-61(86)119)111-77(135)58(36-44(7)8)116-79(137)59(37-45(9)10)115-73(131)50(21-17-31-100-84(93)94)107-75(133)54(24-27-62(87)120)112-78(136)57(35-43(5)6)113-72(130)48(19-15-29-98-82(89)90)106-68(126)47(13)104-63(121)38-102-70(128)53(25-28-65(123)124)110-71(129)49(20-16-30-99-83(91)92)108-76(134)56(34-42(3)4)114-74(132)51(22-18-32-101-85(95)96)109-81(139)60(40-118)97-14/h41-60,66,97,118H,15-40H2,1-14H3,(H2,86,119)(H2,87,120)(H2,88,125)(H,102,128)(H,103,127)(H,104,121)(H,105,122)(H,106,126)(H,107,133)(H,108,134)(H,109,139)(H,110,129)(H,111,135)(H,112,136)(H,113,130)(H,114,132)(H,115,131)(H,116,137)(H,117,138)(H,123,124)(H4,89,90,98)(H4,91,92,99)(H4,93,94,100)(H4,95,96,101). The maximum absolute atomic E-state index is 14.8. The molecule has 0 fully saturated rings. The van der Waals surface area contributed by atoms with Crippen LogP contribution in [0.1, 0.15) is 212 Å². The normalized spacial score (nSPS) is 14.4. The summed E-state index contributed by atoms with van der Waals surface area (Å²) >= 11 is 0. The van der Waals surface area contributed by atoms with E-state index in [2.05, 4.69) is 112 Å². The van der Waals surface area contributed by atoms with Gasteiger partial charge in [0.1, 0.15) is 90.6 Å². The number of hydrogen-bond acceptors (Lipinski definition) is 26. The molecule has 0 aliphatic rings. The van der Waals surface area contributed by atoms with Crippen LogP contribution in [0, 0.1) is 57.1 Å². The van der Waals surface area contributed by atoms with E-state index in [1.807, 2.05) is 0 Å². The molecule has 0 aliphatic heterocycles. The first-order valence-electron chi connectivity index (χ1n) is 46.4. The first-order valence-corrected chi connectivity index (χ1v) is 46.4. The van der Waals surface area contributed by atoms with E-state index in [-0.39, 0.29) is 139 Å². The van der Waals surface area contributed by atoms with Crippen molar-refractivity contribution in [3.63, 3.8) is 0 Å². The molecule has 0 aromatic rings. The van der Waals surface area contributed by atoms with Crippen LogP contribution >= 0.6 is 0 Å². The number of likely N-dealkylation sites (N-methyl/N-ethyl adjacent to an activating group) is 1. The van der Waals surface area contributed by atoms with E-state index in [1.54, 1.807) is 83.1 Å². The summed E-state index contributed by atoms with van der Waals surface area (Å²) in [4.78, 5) is 275. The molecular weight excluding hydrogens is 1820 g/mol. The Hall–Kier alpha value is -13.6. The monoisotopic (exact) mass is 1980 g/mol. The molecule has 788 valence electrons. The molecule has 15 atom stereocenters. The minimum atomic E-state index is -1.74. The molecule has 0 aromatic heterocycles. The largest absolute Gasteiger partial charge is 0.481 e. The van der Waals surface area contributed by atoms with Gasteiger partial charge in [-0.15, -0.1) is 0 Å². The van der Waals surface area contributed by atoms with Gasteiger partial charge in [-0.1, -0.05) is 83.1 Å². The Morgan fingerprint density at radius 1 is 0.266 bits per heavy atom. The SMILES string of the molecule is CNC(CO)C(=O)NC(CCCNC(=N)N)C(=O)NC(CC(C)C)C(=O)NC(CCCNC(=N)N)C(=O)NC(CCC(=O)O)C(=O)NCC(=O)NC(C)C(=O)NC(CCCNC(=N)N)C(=O)NC(CC(C)C)C(=O)NC(CCC(N)=O)C(=O)NC(CCCNC(=N)N)C(=O)NC(CC(C)C)C(=O)NC(CC(C)C)C(=O)NC(CCC(N)=O)C(=O)NCC(=O)NC(CC(C)C)C(=O)NC(C(N)=O)C(C)C. The Morgan fingerprint density at radius 2 is 0.489 bits per heavy atom. The number of aliphatic carboxylic acids is 1. The third kappa shape index (κ3) is 55.4. The van der Waals surface area contributed by atoms with Crippen LogP contribution in [0.5, 0.6) is 0 Å². The van der Waals surface area contributed by atoms with Crippen LogP contribution in [-0.4, -0.2) is 296 Å². The second-order valence-corrected chi connectivity index (χ2v) is 36.2. The van der Waals surface area contributed by atoms with Crippen molar-refractivity contribution in [2.24, 2.45) is 75.6 Å². The van der Waals surface area contributed by atoms with Gasteiger partial charge < -0.3 is 162 Å². The first-order chi connectivity index (χ1) is 64.9. The number of primary amides is 3. The molecule has 19 amide bonds. The Bertz CT molecular complexity index is 4130. The van der Waals surface area contributed by atoms with Crippen LogP contribution in [0.4, 0.5) is 0 Å². The Balaban J connectivity index is 7.31. The number of carboxylic acid groups (broad SMARTS) is 1. The van der Waals surface area contributed by atoms with E-state index in [4.69, 9.17) is 61.8 Å². The molecule has 0 aliphatic carbocycles. The van der Waals surface area contributed by atoms with Crippen LogP contribution in [0.2, 0.25) is 0 Å². The van der Waals surface area contributed by atoms with Gasteiger partial charge in [0.2, 0.25) is 112 Å². The second-order valence-electron chi connectivity index (χ2n) is 36.2. The van der Waals surface area contributed by atoms with Crippen molar-refractivity contribution < 1.29 is 106 Å². The van der Waals surface area contributed by atoms with Crippen molar-refractivity contribution in [3.05, 3.63) is 0 Å². The van der Waals surface area contributed by atoms with Crippen molar-refractivity contribution in [3.8, 4) is 0 Å². The summed E-state index contributed by atoms with van der Waals surface area (Å²) < 4.78 is 0. The number of carboxylic acids is 1. The van der Waals surface area contributed by atoms with E-state index in [0.29, 0.717) is 0 Å². The molecule has 0 bridgehead atoms. The van der Waals surface area contributed by atoms with Crippen LogP contribution in [0.25, 0.3) is 0 Å². The predicted octanol–water partition coefficient (Wildman–Crippen LogP) is -9.57. The molecule has 0 radical (unpaired) electrons. The lowest BCUT2D eigenvalue weighted by atomic mass is 9.99. The van der Waals surface area contributed by atoms with Crippen LogP contribution in [0.3, 0.4) is 0 Å². The predicted molar refractivity (Wildman–Crippen MR) is 510 cm³/mol. The number of carbonyl (C=O) groups excluding carboxylic acids is 19. The van der Waals surface area contributed by atoms with Crippen molar-refractivity contribution in [2.75, 3.05) is 52.9 Å². The molecule has 54 nitrogen and oxygen atoms in total. The summed E-state index contributed by atoms with van der Waals surface area (Å²) in [7, 11) is 1.40. The molecule has 0 saturated heterocycles. The van der Waals surface area contributed by atoms with Crippen LogP contribution in [-0.2, 0) is 95.9 Å². The van der Waals surface area contributed by atoms with Gasteiger partial charge in [0, 0.05) is 45.4 Å². The third-order valence-electron chi connectivity index (χ3n) is 20.8. The third-order valence-corrected chi connectivity index (χ3v) is 20.8. The molecular formula is C85H156N32O22. The number of amides is 19.